The monoisotopic (exact) mass is 268 g/mol. The molecule has 0 heterocycles. The highest BCUT2D eigenvalue weighted by molar-refractivity contribution is 9.10. The van der Waals surface area contributed by atoms with Gasteiger partial charge in [0, 0.05) is 10.0 Å². The van der Waals surface area contributed by atoms with Crippen molar-refractivity contribution < 1.29 is 4.39 Å². The molecule has 0 aromatic heterocycles. The van der Waals surface area contributed by atoms with Crippen LogP contribution in [0.25, 0.3) is 5.70 Å². The first-order chi connectivity index (χ1) is 7.10. The molecule has 0 radical (unpaired) electrons. The van der Waals surface area contributed by atoms with Crippen molar-refractivity contribution in [2.45, 2.75) is 13.3 Å². The highest BCUT2D eigenvalue weighted by Gasteiger charge is 2.09. The third kappa shape index (κ3) is 2.57. The summed E-state index contributed by atoms with van der Waals surface area (Å²) in [6, 6.07) is 6.54. The third-order valence-corrected chi connectivity index (χ3v) is 2.53. The number of allylic oxidation sites excluding steroid dienone is 1. The molecule has 0 atom stereocenters. The van der Waals surface area contributed by atoms with Crippen molar-refractivity contribution in [1.29, 1.82) is 5.26 Å². The van der Waals surface area contributed by atoms with Crippen molar-refractivity contribution in [2.24, 2.45) is 5.73 Å². The zero-order valence-electron chi connectivity index (χ0n) is 8.22. The van der Waals surface area contributed by atoms with Gasteiger partial charge in [-0.1, -0.05) is 22.9 Å². The van der Waals surface area contributed by atoms with E-state index in [-0.39, 0.29) is 11.3 Å². The van der Waals surface area contributed by atoms with Crippen LogP contribution in [0.15, 0.2) is 28.2 Å². The second kappa shape index (κ2) is 4.94. The number of rotatable bonds is 2. The van der Waals surface area contributed by atoms with Gasteiger partial charge >= 0.3 is 0 Å². The van der Waals surface area contributed by atoms with Crippen LogP contribution in [0.3, 0.4) is 0 Å². The molecule has 1 aromatic rings. The smallest absolute Gasteiger partial charge is 0.133 e. The van der Waals surface area contributed by atoms with E-state index in [0.717, 1.165) is 0 Å². The van der Waals surface area contributed by atoms with Gasteiger partial charge in [0.2, 0.25) is 0 Å². The molecule has 0 bridgehead atoms. The number of benzene rings is 1. The average molecular weight is 269 g/mol. The van der Waals surface area contributed by atoms with Crippen molar-refractivity contribution in [3.05, 3.63) is 39.6 Å². The second-order valence-corrected chi connectivity index (χ2v) is 3.90. The van der Waals surface area contributed by atoms with E-state index >= 15 is 0 Å². The maximum atomic E-state index is 13.5. The maximum absolute atomic E-state index is 13.5. The summed E-state index contributed by atoms with van der Waals surface area (Å²) in [7, 11) is 0. The zero-order valence-corrected chi connectivity index (χ0v) is 9.81. The lowest BCUT2D eigenvalue weighted by molar-refractivity contribution is 0.622. The van der Waals surface area contributed by atoms with E-state index in [2.05, 4.69) is 15.9 Å². The largest absolute Gasteiger partial charge is 0.397 e. The molecule has 2 nitrogen and oxygen atoms in total. The predicted molar refractivity (Wildman–Crippen MR) is 61.1 cm³/mol. The van der Waals surface area contributed by atoms with Crippen LogP contribution in [0.2, 0.25) is 0 Å². The summed E-state index contributed by atoms with van der Waals surface area (Å²) in [6.07, 6.45) is 0.498. The Labute approximate surface area is 96.3 Å². The molecule has 4 heteroatoms. The summed E-state index contributed by atoms with van der Waals surface area (Å²) in [6.45, 7) is 1.81. The molecule has 0 spiro atoms. The van der Waals surface area contributed by atoms with E-state index in [1.807, 2.05) is 13.0 Å². The molecule has 0 unspecified atom stereocenters. The number of nitrogens with two attached hydrogens (primary N) is 1. The summed E-state index contributed by atoms with van der Waals surface area (Å²) < 4.78 is 14.1. The molecule has 0 aliphatic carbocycles. The molecule has 2 N–H and O–H groups in total. The molecule has 0 fully saturated rings. The van der Waals surface area contributed by atoms with Crippen LogP contribution in [0.1, 0.15) is 18.9 Å². The molecule has 0 amide bonds. The normalized spacial score (nSPS) is 11.9. The van der Waals surface area contributed by atoms with Crippen LogP contribution in [-0.4, -0.2) is 0 Å². The summed E-state index contributed by atoms with van der Waals surface area (Å²) in [5, 5.41) is 8.78. The lowest BCUT2D eigenvalue weighted by atomic mass is 10.1. The van der Waals surface area contributed by atoms with Crippen LogP contribution in [-0.2, 0) is 0 Å². The summed E-state index contributed by atoms with van der Waals surface area (Å²) in [5.41, 5.74) is 6.60. The number of hydrogen-bond acceptors (Lipinski definition) is 2. The Balaban J connectivity index is 3.29. The number of halogens is 2. The second-order valence-electron chi connectivity index (χ2n) is 2.98. The van der Waals surface area contributed by atoms with Crippen molar-refractivity contribution in [1.82, 2.24) is 0 Å². The lowest BCUT2D eigenvalue weighted by Gasteiger charge is -2.05. The Morgan fingerprint density at radius 3 is 2.73 bits per heavy atom. The van der Waals surface area contributed by atoms with Crippen LogP contribution in [0, 0.1) is 17.1 Å². The fourth-order valence-electron chi connectivity index (χ4n) is 1.20. The molecule has 0 aliphatic rings. The molecule has 0 aliphatic heterocycles. The Morgan fingerprint density at radius 2 is 2.27 bits per heavy atom. The standard InChI is InChI=1S/C11H10BrFN2/c1-2-7(6-14)11(15)9-4-3-8(12)5-10(9)13/h3-5H,2,15H2,1H3/b11-7-. The highest BCUT2D eigenvalue weighted by atomic mass is 79.9. The zero-order chi connectivity index (χ0) is 11.4. The van der Waals surface area contributed by atoms with Gasteiger partial charge in [0.05, 0.1) is 17.3 Å². The van der Waals surface area contributed by atoms with Crippen LogP contribution in [0.5, 0.6) is 0 Å². The molecular weight excluding hydrogens is 259 g/mol. The number of nitriles is 1. The van der Waals surface area contributed by atoms with E-state index in [9.17, 15) is 4.39 Å². The first-order valence-electron chi connectivity index (χ1n) is 4.44. The molecule has 0 saturated heterocycles. The lowest BCUT2D eigenvalue weighted by Crippen LogP contribution is -2.03. The Hall–Kier alpha value is -1.34. The van der Waals surface area contributed by atoms with Crippen LogP contribution < -0.4 is 5.73 Å². The van der Waals surface area contributed by atoms with Gasteiger partial charge in [-0.15, -0.1) is 0 Å². The van der Waals surface area contributed by atoms with Crippen LogP contribution in [0.4, 0.5) is 4.39 Å². The van der Waals surface area contributed by atoms with Gasteiger partial charge in [-0.2, -0.15) is 5.26 Å². The van der Waals surface area contributed by atoms with Crippen molar-refractivity contribution in [3.63, 3.8) is 0 Å². The van der Waals surface area contributed by atoms with Crippen molar-refractivity contribution >= 4 is 21.6 Å². The number of nitrogens with zero attached hydrogens (tertiary/aromatic N) is 1. The van der Waals surface area contributed by atoms with Crippen molar-refractivity contribution in [2.75, 3.05) is 0 Å². The van der Waals surface area contributed by atoms with Crippen molar-refractivity contribution in [3.8, 4) is 6.07 Å². The minimum absolute atomic E-state index is 0.213. The average Bonchev–Trinajstić information content (AvgIpc) is 2.19. The SMILES string of the molecule is CC/C(C#N)=C(/N)c1ccc(Br)cc1F. The first kappa shape index (κ1) is 11.7. The molecule has 0 saturated carbocycles. The van der Waals surface area contributed by atoms with Crippen LogP contribution >= 0.6 is 15.9 Å². The number of hydrogen-bond donors (Lipinski definition) is 1. The Morgan fingerprint density at radius 1 is 1.60 bits per heavy atom. The third-order valence-electron chi connectivity index (χ3n) is 2.03. The van der Waals surface area contributed by atoms with E-state index in [1.165, 1.54) is 6.07 Å². The van der Waals surface area contributed by atoms with Gasteiger partial charge in [-0.3, -0.25) is 0 Å². The van der Waals surface area contributed by atoms with E-state index < -0.39 is 5.82 Å². The Bertz CT molecular complexity index is 446. The highest BCUT2D eigenvalue weighted by Crippen LogP contribution is 2.22. The molecular formula is C11H10BrFN2. The quantitative estimate of drug-likeness (QED) is 0.838. The summed E-state index contributed by atoms with van der Waals surface area (Å²) >= 11 is 3.15. The van der Waals surface area contributed by atoms with Gasteiger partial charge in [0.25, 0.3) is 0 Å². The van der Waals surface area contributed by atoms with Gasteiger partial charge in [0.15, 0.2) is 0 Å². The molecule has 15 heavy (non-hydrogen) atoms. The molecule has 78 valence electrons. The van der Waals surface area contributed by atoms with Gasteiger partial charge < -0.3 is 5.73 Å². The topological polar surface area (TPSA) is 49.8 Å². The first-order valence-corrected chi connectivity index (χ1v) is 5.23. The Kier molecular flexibility index (Phi) is 3.87. The van der Waals surface area contributed by atoms with Gasteiger partial charge in [0.1, 0.15) is 5.82 Å². The maximum Gasteiger partial charge on any atom is 0.133 e. The fraction of sp³-hybridized carbons (Fsp3) is 0.182. The molecule has 1 rings (SSSR count). The molecule has 1 aromatic carbocycles. The van der Waals surface area contributed by atoms with E-state index in [1.54, 1.807) is 12.1 Å². The predicted octanol–water partition coefficient (Wildman–Crippen LogP) is 3.19. The minimum atomic E-state index is -0.428. The van der Waals surface area contributed by atoms with Gasteiger partial charge in [-0.25, -0.2) is 4.39 Å². The van der Waals surface area contributed by atoms with Gasteiger partial charge in [-0.05, 0) is 24.6 Å². The van der Waals surface area contributed by atoms with E-state index in [4.69, 9.17) is 11.0 Å². The summed E-state index contributed by atoms with van der Waals surface area (Å²) in [5.74, 6) is -0.428. The minimum Gasteiger partial charge on any atom is -0.397 e. The van der Waals surface area contributed by atoms with E-state index in [0.29, 0.717) is 16.5 Å². The summed E-state index contributed by atoms with van der Waals surface area (Å²) in [4.78, 5) is 0. The fourth-order valence-corrected chi connectivity index (χ4v) is 1.53.